The number of ether oxygens (including phenoxy) is 1. The largest absolute Gasteiger partial charge is 0.442 e. The summed E-state index contributed by atoms with van der Waals surface area (Å²) in [6.45, 7) is 11.6. The van der Waals surface area contributed by atoms with Gasteiger partial charge in [-0.05, 0) is 18.2 Å². The fourth-order valence-corrected chi connectivity index (χ4v) is 4.79. The minimum Gasteiger partial charge on any atom is -0.442 e. The first kappa shape index (κ1) is 23.8. The van der Waals surface area contributed by atoms with E-state index in [4.69, 9.17) is 9.72 Å². The van der Waals surface area contributed by atoms with Gasteiger partial charge in [0.05, 0.1) is 17.5 Å². The van der Waals surface area contributed by atoms with E-state index in [1.54, 1.807) is 6.33 Å². The van der Waals surface area contributed by atoms with Crippen LogP contribution in [0.1, 0.15) is 20.3 Å². The van der Waals surface area contributed by atoms with Gasteiger partial charge < -0.3 is 24.4 Å². The van der Waals surface area contributed by atoms with Crippen molar-refractivity contribution in [2.75, 3.05) is 37.6 Å². The highest BCUT2D eigenvalue weighted by molar-refractivity contribution is 5.85. The minimum atomic E-state index is -0.0817. The number of aryl methyl sites for hydroxylation is 1. The molecule has 0 radical (unpaired) electrons. The molecule has 0 spiro atoms. The number of fused-ring (bicyclic) bond motifs is 1. The molecule has 4 heterocycles. The van der Waals surface area contributed by atoms with Crippen LogP contribution >= 0.6 is 0 Å². The Bertz CT molecular complexity index is 1310. The molecular formula is C27H32N6O3. The topological polar surface area (TPSA) is 92.6 Å². The molecule has 1 N–H and O–H groups in total. The van der Waals surface area contributed by atoms with Gasteiger partial charge in [-0.2, -0.15) is 0 Å². The molecular weight excluding hydrogens is 456 g/mol. The molecule has 0 saturated carbocycles. The fraction of sp³-hybridized carbons (Fsp3) is 0.407. The molecule has 3 aromatic rings. The van der Waals surface area contributed by atoms with E-state index in [1.165, 1.54) is 0 Å². The Hall–Kier alpha value is -3.88. The van der Waals surface area contributed by atoms with Gasteiger partial charge in [0, 0.05) is 69.3 Å². The zero-order valence-corrected chi connectivity index (χ0v) is 21.0. The van der Waals surface area contributed by atoms with Gasteiger partial charge >= 0.3 is 0 Å². The number of nitrogens with one attached hydrogen (secondary N) is 1. The molecule has 1 atom stereocenters. The Morgan fingerprint density at radius 3 is 2.53 bits per heavy atom. The van der Waals surface area contributed by atoms with E-state index in [1.807, 2.05) is 36.4 Å². The van der Waals surface area contributed by atoms with Crippen LogP contribution in [0.25, 0.3) is 22.3 Å². The van der Waals surface area contributed by atoms with Crippen LogP contribution in [-0.2, 0) is 16.6 Å². The van der Waals surface area contributed by atoms with Crippen molar-refractivity contribution in [3.05, 3.63) is 49.0 Å². The molecule has 9 heteroatoms. The van der Waals surface area contributed by atoms with E-state index in [2.05, 4.69) is 46.0 Å². The Balaban J connectivity index is 1.35. The Labute approximate surface area is 210 Å². The number of hydrogen-bond acceptors (Lipinski definition) is 6. The van der Waals surface area contributed by atoms with Crippen LogP contribution in [0.15, 0.2) is 49.0 Å². The Morgan fingerprint density at radius 2 is 1.89 bits per heavy atom. The number of anilines is 1. The number of amides is 2. The SMILES string of the molecule is C=C(Oc1nc(-c2ccc(N3CCN(C(=O)C(C)C)CC3)cc2)cc2ncn(C)c12)[C@H]1CNC(=O)C1. The second-order valence-corrected chi connectivity index (χ2v) is 9.82. The van der Waals surface area contributed by atoms with Crippen molar-refractivity contribution in [1.82, 2.24) is 24.8 Å². The number of rotatable bonds is 6. The van der Waals surface area contributed by atoms with Crippen LogP contribution in [0, 0.1) is 11.8 Å². The van der Waals surface area contributed by atoms with Crippen molar-refractivity contribution >= 4 is 28.5 Å². The number of carbonyl (C=O) groups excluding carboxylic acids is 2. The fourth-order valence-electron chi connectivity index (χ4n) is 4.79. The summed E-state index contributed by atoms with van der Waals surface area (Å²) in [5, 5.41) is 2.82. The van der Waals surface area contributed by atoms with E-state index in [-0.39, 0.29) is 23.7 Å². The van der Waals surface area contributed by atoms with Crippen LogP contribution in [0.2, 0.25) is 0 Å². The van der Waals surface area contributed by atoms with Crippen molar-refractivity contribution < 1.29 is 14.3 Å². The lowest BCUT2D eigenvalue weighted by molar-refractivity contribution is -0.134. The summed E-state index contributed by atoms with van der Waals surface area (Å²) in [5.41, 5.74) is 4.39. The summed E-state index contributed by atoms with van der Waals surface area (Å²) in [5.74, 6) is 1.13. The molecule has 1 aromatic carbocycles. The zero-order chi connectivity index (χ0) is 25.4. The molecule has 2 aliphatic rings. The average molecular weight is 489 g/mol. The van der Waals surface area contributed by atoms with E-state index in [9.17, 15) is 9.59 Å². The zero-order valence-electron chi connectivity index (χ0n) is 21.0. The lowest BCUT2D eigenvalue weighted by Gasteiger charge is -2.37. The Kier molecular flexibility index (Phi) is 6.38. The molecule has 0 bridgehead atoms. The number of benzene rings is 1. The van der Waals surface area contributed by atoms with Crippen LogP contribution in [-0.4, -0.2) is 64.0 Å². The first-order valence-corrected chi connectivity index (χ1v) is 12.4. The van der Waals surface area contributed by atoms with E-state index in [0.29, 0.717) is 24.6 Å². The molecule has 188 valence electrons. The number of hydrogen-bond donors (Lipinski definition) is 1. The molecule has 0 unspecified atom stereocenters. The van der Waals surface area contributed by atoms with Crippen molar-refractivity contribution in [2.24, 2.45) is 18.9 Å². The first-order valence-electron chi connectivity index (χ1n) is 12.4. The molecule has 2 aromatic heterocycles. The van der Waals surface area contributed by atoms with E-state index >= 15 is 0 Å². The molecule has 2 fully saturated rings. The van der Waals surface area contributed by atoms with Crippen LogP contribution in [0.4, 0.5) is 5.69 Å². The predicted molar refractivity (Wildman–Crippen MR) is 138 cm³/mol. The second-order valence-electron chi connectivity index (χ2n) is 9.82. The maximum Gasteiger partial charge on any atom is 0.246 e. The monoisotopic (exact) mass is 488 g/mol. The number of nitrogens with zero attached hydrogens (tertiary/aromatic N) is 5. The highest BCUT2D eigenvalue weighted by Gasteiger charge is 2.27. The van der Waals surface area contributed by atoms with Gasteiger partial charge in [-0.3, -0.25) is 9.59 Å². The third-order valence-electron chi connectivity index (χ3n) is 6.94. The van der Waals surface area contributed by atoms with Crippen LogP contribution < -0.4 is 15.0 Å². The smallest absolute Gasteiger partial charge is 0.246 e. The Morgan fingerprint density at radius 1 is 1.17 bits per heavy atom. The van der Waals surface area contributed by atoms with Crippen molar-refractivity contribution in [1.29, 1.82) is 0 Å². The maximum atomic E-state index is 12.3. The van der Waals surface area contributed by atoms with Gasteiger partial charge in [0.15, 0.2) is 0 Å². The third-order valence-corrected chi connectivity index (χ3v) is 6.94. The number of carbonyl (C=O) groups is 2. The second kappa shape index (κ2) is 9.64. The predicted octanol–water partition coefficient (Wildman–Crippen LogP) is 2.97. The first-order chi connectivity index (χ1) is 17.3. The van der Waals surface area contributed by atoms with Crippen LogP contribution in [0.5, 0.6) is 5.88 Å². The average Bonchev–Trinajstić information content (AvgIpc) is 3.49. The van der Waals surface area contributed by atoms with Gasteiger partial charge in [-0.1, -0.05) is 32.6 Å². The normalized spacial score (nSPS) is 18.1. The lowest BCUT2D eigenvalue weighted by Crippen LogP contribution is -2.49. The molecule has 9 nitrogen and oxygen atoms in total. The molecule has 36 heavy (non-hydrogen) atoms. The third kappa shape index (κ3) is 4.65. The number of pyridine rings is 1. The molecule has 2 saturated heterocycles. The highest BCUT2D eigenvalue weighted by Crippen LogP contribution is 2.32. The van der Waals surface area contributed by atoms with Crippen molar-refractivity contribution in [3.63, 3.8) is 0 Å². The van der Waals surface area contributed by atoms with Gasteiger partial charge in [0.1, 0.15) is 11.3 Å². The van der Waals surface area contributed by atoms with Crippen LogP contribution in [0.3, 0.4) is 0 Å². The molecule has 2 amide bonds. The summed E-state index contributed by atoms with van der Waals surface area (Å²) in [7, 11) is 1.90. The summed E-state index contributed by atoms with van der Waals surface area (Å²) in [6.07, 6.45) is 2.10. The summed E-state index contributed by atoms with van der Waals surface area (Å²) >= 11 is 0. The lowest BCUT2D eigenvalue weighted by atomic mass is 10.1. The molecule has 0 aliphatic carbocycles. The van der Waals surface area contributed by atoms with Gasteiger partial charge in [0.25, 0.3) is 0 Å². The van der Waals surface area contributed by atoms with Gasteiger partial charge in [-0.15, -0.1) is 0 Å². The van der Waals surface area contributed by atoms with Crippen molar-refractivity contribution in [2.45, 2.75) is 20.3 Å². The molecule has 2 aliphatic heterocycles. The quantitative estimate of drug-likeness (QED) is 0.537. The summed E-state index contributed by atoms with van der Waals surface area (Å²) in [6, 6.07) is 10.2. The summed E-state index contributed by atoms with van der Waals surface area (Å²) in [4.78, 5) is 37.5. The standard InChI is InChI=1S/C27H32N6O3/c1-17(2)27(35)33-11-9-32(10-12-33)21-7-5-19(6-8-21)22-14-23-25(31(4)16-29-23)26(30-22)36-18(3)20-13-24(34)28-15-20/h5-8,14,16-17,20H,3,9-13,15H2,1-2,4H3,(H,28,34)/t20-/m1/s1. The van der Waals surface area contributed by atoms with Crippen molar-refractivity contribution in [3.8, 4) is 17.1 Å². The summed E-state index contributed by atoms with van der Waals surface area (Å²) < 4.78 is 8.00. The maximum absolute atomic E-state index is 12.3. The number of aromatic nitrogens is 3. The highest BCUT2D eigenvalue weighted by atomic mass is 16.5. The number of piperazine rings is 1. The minimum absolute atomic E-state index is 0.00478. The number of imidazole rings is 1. The van der Waals surface area contributed by atoms with E-state index < -0.39 is 0 Å². The van der Waals surface area contributed by atoms with Gasteiger partial charge in [-0.25, -0.2) is 9.97 Å². The van der Waals surface area contributed by atoms with E-state index in [0.717, 1.165) is 54.2 Å². The molecule has 5 rings (SSSR count). The van der Waals surface area contributed by atoms with Gasteiger partial charge in [0.2, 0.25) is 17.7 Å².